The summed E-state index contributed by atoms with van der Waals surface area (Å²) < 4.78 is 11.1. The molecule has 0 aromatic heterocycles. The Hall–Kier alpha value is -0.410. The Balaban J connectivity index is 2.11. The van der Waals surface area contributed by atoms with Gasteiger partial charge in [-0.15, -0.1) is 0 Å². The summed E-state index contributed by atoms with van der Waals surface area (Å²) in [5.41, 5.74) is 0.179. The van der Waals surface area contributed by atoms with Crippen molar-refractivity contribution in [3.05, 3.63) is 0 Å². The van der Waals surface area contributed by atoms with Crippen LogP contribution in [-0.4, -0.2) is 31.7 Å². The second-order valence-electron chi connectivity index (χ2n) is 4.35. The summed E-state index contributed by atoms with van der Waals surface area (Å²) in [5, 5.41) is 0. The van der Waals surface area contributed by atoms with Gasteiger partial charge in [-0.25, -0.2) is 0 Å². The average molecular weight is 198 g/mol. The fourth-order valence-electron chi connectivity index (χ4n) is 2.64. The molecule has 3 nitrogen and oxygen atoms in total. The second-order valence-corrected chi connectivity index (χ2v) is 4.35. The lowest BCUT2D eigenvalue weighted by Crippen LogP contribution is -2.44. The third-order valence-corrected chi connectivity index (χ3v) is 3.59. The molecular weight excluding hydrogens is 180 g/mol. The summed E-state index contributed by atoms with van der Waals surface area (Å²) in [5.74, 6) is 0.285. The molecule has 0 heterocycles. The van der Waals surface area contributed by atoms with Gasteiger partial charge in [-0.3, -0.25) is 4.79 Å². The van der Waals surface area contributed by atoms with Gasteiger partial charge >= 0.3 is 0 Å². The van der Waals surface area contributed by atoms with E-state index in [2.05, 4.69) is 0 Å². The molecule has 2 atom stereocenters. The molecule has 14 heavy (non-hydrogen) atoms. The lowest BCUT2D eigenvalue weighted by molar-refractivity contribution is -0.140. The maximum Gasteiger partial charge on any atom is 0.138 e. The molecule has 0 radical (unpaired) electrons. The van der Waals surface area contributed by atoms with Crippen LogP contribution in [0.3, 0.4) is 0 Å². The maximum atomic E-state index is 11.5. The minimum absolute atomic E-state index is 0.0975. The van der Waals surface area contributed by atoms with Gasteiger partial charge in [0.1, 0.15) is 5.78 Å². The van der Waals surface area contributed by atoms with E-state index in [0.29, 0.717) is 19.4 Å². The molecule has 0 amide bonds. The minimum Gasteiger partial charge on any atom is -0.380 e. The highest BCUT2D eigenvalue weighted by atomic mass is 16.5. The summed E-state index contributed by atoms with van der Waals surface area (Å²) in [6.07, 6.45) is 3.69. The molecule has 0 aromatic rings. The van der Waals surface area contributed by atoms with E-state index in [1.807, 2.05) is 6.92 Å². The quantitative estimate of drug-likeness (QED) is 0.690. The summed E-state index contributed by atoms with van der Waals surface area (Å²) in [6, 6.07) is 0. The Kier molecular flexibility index (Phi) is 2.62. The molecule has 2 unspecified atom stereocenters. The van der Waals surface area contributed by atoms with Crippen molar-refractivity contribution in [1.29, 1.82) is 0 Å². The van der Waals surface area contributed by atoms with Crippen LogP contribution in [0.25, 0.3) is 0 Å². The van der Waals surface area contributed by atoms with Crippen molar-refractivity contribution in [2.75, 3.05) is 13.7 Å². The van der Waals surface area contributed by atoms with Gasteiger partial charge in [0.15, 0.2) is 0 Å². The predicted molar refractivity (Wildman–Crippen MR) is 52.1 cm³/mol. The lowest BCUT2D eigenvalue weighted by atomic mass is 9.80. The number of carbonyl (C=O) groups excluding carboxylic acids is 1. The molecule has 2 saturated carbocycles. The van der Waals surface area contributed by atoms with Crippen LogP contribution in [0.15, 0.2) is 0 Å². The molecule has 2 aliphatic rings. The van der Waals surface area contributed by atoms with Crippen molar-refractivity contribution in [3.63, 3.8) is 0 Å². The average Bonchev–Trinajstić information content (AvgIpc) is 2.93. The largest absolute Gasteiger partial charge is 0.380 e. The molecule has 80 valence electrons. The van der Waals surface area contributed by atoms with Crippen LogP contribution in [0, 0.1) is 5.41 Å². The van der Waals surface area contributed by atoms with Gasteiger partial charge in [-0.1, -0.05) is 0 Å². The van der Waals surface area contributed by atoms with E-state index in [1.54, 1.807) is 7.11 Å². The Morgan fingerprint density at radius 1 is 1.36 bits per heavy atom. The Labute approximate surface area is 84.8 Å². The number of hydrogen-bond donors (Lipinski definition) is 0. The first-order valence-electron chi connectivity index (χ1n) is 5.39. The number of carbonyl (C=O) groups is 1. The molecule has 0 aromatic carbocycles. The standard InChI is InChI=1S/C11H18O3/c1-3-14-10-7-8(12)6-9(13-2)11(10)4-5-11/h9-10H,3-7H2,1-2H3. The van der Waals surface area contributed by atoms with Crippen LogP contribution in [0.2, 0.25) is 0 Å². The minimum atomic E-state index is 0.0975. The zero-order chi connectivity index (χ0) is 10.2. The predicted octanol–water partition coefficient (Wildman–Crippen LogP) is 1.55. The topological polar surface area (TPSA) is 35.5 Å². The zero-order valence-corrected chi connectivity index (χ0v) is 8.91. The molecular formula is C11H18O3. The van der Waals surface area contributed by atoms with Crippen molar-refractivity contribution >= 4 is 5.78 Å². The smallest absolute Gasteiger partial charge is 0.138 e. The van der Waals surface area contributed by atoms with E-state index in [-0.39, 0.29) is 23.4 Å². The molecule has 0 N–H and O–H groups in total. The number of hydrogen-bond acceptors (Lipinski definition) is 3. The fraction of sp³-hybridized carbons (Fsp3) is 0.909. The Morgan fingerprint density at radius 2 is 2.00 bits per heavy atom. The van der Waals surface area contributed by atoms with Gasteiger partial charge in [0, 0.05) is 32.0 Å². The molecule has 0 bridgehead atoms. The van der Waals surface area contributed by atoms with Crippen LogP contribution < -0.4 is 0 Å². The summed E-state index contributed by atoms with van der Waals surface area (Å²) in [7, 11) is 1.70. The monoisotopic (exact) mass is 198 g/mol. The maximum absolute atomic E-state index is 11.5. The van der Waals surface area contributed by atoms with Crippen LogP contribution in [0.5, 0.6) is 0 Å². The summed E-state index contributed by atoms with van der Waals surface area (Å²) in [4.78, 5) is 11.5. The number of methoxy groups -OCH3 is 1. The van der Waals surface area contributed by atoms with E-state index in [0.717, 1.165) is 12.8 Å². The van der Waals surface area contributed by atoms with Crippen LogP contribution in [-0.2, 0) is 14.3 Å². The zero-order valence-electron chi connectivity index (χ0n) is 8.91. The number of ketones is 1. The third kappa shape index (κ3) is 1.48. The van der Waals surface area contributed by atoms with Gasteiger partial charge in [-0.2, -0.15) is 0 Å². The lowest BCUT2D eigenvalue weighted by Gasteiger charge is -2.36. The molecule has 2 fully saturated rings. The fourth-order valence-corrected chi connectivity index (χ4v) is 2.64. The van der Waals surface area contributed by atoms with Gasteiger partial charge in [0.25, 0.3) is 0 Å². The second kappa shape index (κ2) is 3.63. The summed E-state index contributed by atoms with van der Waals surface area (Å²) in [6.45, 7) is 2.67. The first-order chi connectivity index (χ1) is 6.73. The van der Waals surface area contributed by atoms with Crippen LogP contribution in [0.4, 0.5) is 0 Å². The highest BCUT2D eigenvalue weighted by Crippen LogP contribution is 2.57. The van der Waals surface area contributed by atoms with Gasteiger partial charge < -0.3 is 9.47 Å². The highest BCUT2D eigenvalue weighted by Gasteiger charge is 2.59. The van der Waals surface area contributed by atoms with E-state index in [9.17, 15) is 4.79 Å². The molecule has 0 saturated heterocycles. The van der Waals surface area contributed by atoms with E-state index in [1.165, 1.54) is 0 Å². The first kappa shape index (κ1) is 10.1. The van der Waals surface area contributed by atoms with E-state index >= 15 is 0 Å². The molecule has 2 aliphatic carbocycles. The Bertz CT molecular complexity index is 233. The number of Topliss-reactive ketones (excluding diaryl/α,β-unsaturated/α-hetero) is 1. The summed E-state index contributed by atoms with van der Waals surface area (Å²) >= 11 is 0. The highest BCUT2D eigenvalue weighted by molar-refractivity contribution is 5.81. The normalized spacial score (nSPS) is 34.9. The van der Waals surface area contributed by atoms with Gasteiger partial charge in [-0.05, 0) is 19.8 Å². The first-order valence-corrected chi connectivity index (χ1v) is 5.39. The van der Waals surface area contributed by atoms with Crippen LogP contribution in [0.1, 0.15) is 32.6 Å². The third-order valence-electron chi connectivity index (χ3n) is 3.59. The van der Waals surface area contributed by atoms with Gasteiger partial charge in [0.05, 0.1) is 12.2 Å². The Morgan fingerprint density at radius 3 is 2.50 bits per heavy atom. The SMILES string of the molecule is CCOC1CC(=O)CC(OC)C12CC2. The molecule has 3 heteroatoms. The molecule has 0 aliphatic heterocycles. The van der Waals surface area contributed by atoms with Crippen molar-refractivity contribution in [2.24, 2.45) is 5.41 Å². The van der Waals surface area contributed by atoms with Crippen molar-refractivity contribution in [1.82, 2.24) is 0 Å². The molecule has 1 spiro atoms. The van der Waals surface area contributed by atoms with Crippen molar-refractivity contribution in [3.8, 4) is 0 Å². The van der Waals surface area contributed by atoms with E-state index < -0.39 is 0 Å². The number of ether oxygens (including phenoxy) is 2. The van der Waals surface area contributed by atoms with Gasteiger partial charge in [0.2, 0.25) is 0 Å². The van der Waals surface area contributed by atoms with Crippen molar-refractivity contribution < 1.29 is 14.3 Å². The molecule has 2 rings (SSSR count). The van der Waals surface area contributed by atoms with Crippen molar-refractivity contribution in [2.45, 2.75) is 44.8 Å². The van der Waals surface area contributed by atoms with E-state index in [4.69, 9.17) is 9.47 Å². The van der Waals surface area contributed by atoms with Crippen LogP contribution >= 0.6 is 0 Å². The number of rotatable bonds is 3.